The maximum Gasteiger partial charge on any atom is 0.231 e. The van der Waals surface area contributed by atoms with Gasteiger partial charge in [0.15, 0.2) is 11.5 Å². The van der Waals surface area contributed by atoms with E-state index in [9.17, 15) is 0 Å². The summed E-state index contributed by atoms with van der Waals surface area (Å²) < 4.78 is 11.0. The second-order valence-electron chi connectivity index (χ2n) is 5.73. The number of nitrogens with two attached hydrogens (primary N) is 1. The van der Waals surface area contributed by atoms with Gasteiger partial charge in [0.2, 0.25) is 6.79 Å². The molecule has 118 valence electrons. The van der Waals surface area contributed by atoms with Gasteiger partial charge in [0.05, 0.1) is 19.0 Å². The Morgan fingerprint density at radius 2 is 2.23 bits per heavy atom. The number of nitrogens with zero attached hydrogens (tertiary/aromatic N) is 3. The molecule has 6 nitrogen and oxygen atoms in total. The van der Waals surface area contributed by atoms with Crippen LogP contribution in [0.1, 0.15) is 18.9 Å². The van der Waals surface area contributed by atoms with Crippen molar-refractivity contribution in [3.63, 3.8) is 0 Å². The smallest absolute Gasteiger partial charge is 0.231 e. The minimum Gasteiger partial charge on any atom is -0.454 e. The molecule has 1 unspecified atom stereocenters. The van der Waals surface area contributed by atoms with Crippen LogP contribution >= 0.6 is 0 Å². The number of aliphatic imine (C=N–C) groups is 2. The van der Waals surface area contributed by atoms with E-state index in [2.05, 4.69) is 22.9 Å². The van der Waals surface area contributed by atoms with Crippen LogP contribution < -0.4 is 15.2 Å². The van der Waals surface area contributed by atoms with Gasteiger partial charge >= 0.3 is 0 Å². The van der Waals surface area contributed by atoms with Crippen LogP contribution in [0.25, 0.3) is 0 Å². The fraction of sp³-hybridized carbons (Fsp3) is 0.500. The molecule has 6 heteroatoms. The maximum atomic E-state index is 5.91. The number of hydrogen-bond donors (Lipinski definition) is 1. The summed E-state index contributed by atoms with van der Waals surface area (Å²) >= 11 is 0. The largest absolute Gasteiger partial charge is 0.454 e. The van der Waals surface area contributed by atoms with Crippen molar-refractivity contribution >= 4 is 11.7 Å². The van der Waals surface area contributed by atoms with Gasteiger partial charge in [-0.25, -0.2) is 0 Å². The molecule has 0 spiro atoms. The predicted molar refractivity (Wildman–Crippen MR) is 86.9 cm³/mol. The summed E-state index contributed by atoms with van der Waals surface area (Å²) in [6.45, 7) is 3.88. The van der Waals surface area contributed by atoms with E-state index in [1.54, 1.807) is 0 Å². The first kappa shape index (κ1) is 14.7. The zero-order valence-corrected chi connectivity index (χ0v) is 13.1. The fourth-order valence-electron chi connectivity index (χ4n) is 2.65. The van der Waals surface area contributed by atoms with Gasteiger partial charge in [-0.3, -0.25) is 9.98 Å². The molecule has 0 fully saturated rings. The monoisotopic (exact) mass is 302 g/mol. The van der Waals surface area contributed by atoms with Crippen molar-refractivity contribution in [3.05, 3.63) is 23.8 Å². The average Bonchev–Trinajstić information content (AvgIpc) is 2.92. The number of fused-ring (bicyclic) bond motifs is 1. The highest BCUT2D eigenvalue weighted by atomic mass is 16.7. The predicted octanol–water partition coefficient (Wildman–Crippen LogP) is 1.44. The van der Waals surface area contributed by atoms with E-state index in [1.165, 1.54) is 0 Å². The molecule has 0 aliphatic carbocycles. The quantitative estimate of drug-likeness (QED) is 0.917. The second kappa shape index (κ2) is 6.25. The third-order valence-electron chi connectivity index (χ3n) is 3.90. The summed E-state index contributed by atoms with van der Waals surface area (Å²) in [5, 5.41) is 0. The molecule has 0 radical (unpaired) electrons. The summed E-state index contributed by atoms with van der Waals surface area (Å²) in [6.07, 6.45) is 1.49. The van der Waals surface area contributed by atoms with Crippen LogP contribution in [0.15, 0.2) is 28.2 Å². The third kappa shape index (κ3) is 3.16. The van der Waals surface area contributed by atoms with E-state index in [1.807, 2.05) is 19.2 Å². The molecule has 2 N–H and O–H groups in total. The summed E-state index contributed by atoms with van der Waals surface area (Å²) in [5.74, 6) is 3.35. The van der Waals surface area contributed by atoms with Crippen molar-refractivity contribution in [2.24, 2.45) is 15.7 Å². The van der Waals surface area contributed by atoms with E-state index in [-0.39, 0.29) is 6.04 Å². The van der Waals surface area contributed by atoms with Gasteiger partial charge in [-0.05, 0) is 25.0 Å². The second-order valence-corrected chi connectivity index (χ2v) is 5.73. The van der Waals surface area contributed by atoms with Gasteiger partial charge in [0.25, 0.3) is 0 Å². The van der Waals surface area contributed by atoms with E-state index < -0.39 is 0 Å². The van der Waals surface area contributed by atoms with Gasteiger partial charge in [0, 0.05) is 13.6 Å². The van der Waals surface area contributed by atoms with Crippen molar-refractivity contribution in [1.82, 2.24) is 4.90 Å². The Morgan fingerprint density at radius 1 is 1.36 bits per heavy atom. The normalized spacial score (nSPS) is 20.2. The van der Waals surface area contributed by atoms with Crippen LogP contribution in [0.3, 0.4) is 0 Å². The summed E-state index contributed by atoms with van der Waals surface area (Å²) in [6, 6.07) is 6.19. The number of rotatable bonds is 3. The molecule has 0 saturated heterocycles. The van der Waals surface area contributed by atoms with Crippen molar-refractivity contribution in [2.75, 3.05) is 26.9 Å². The Labute approximate surface area is 130 Å². The van der Waals surface area contributed by atoms with Crippen LogP contribution in [0, 0.1) is 0 Å². The van der Waals surface area contributed by atoms with Crippen LogP contribution in [0.2, 0.25) is 0 Å². The Balaban J connectivity index is 1.66. The molecule has 0 aromatic heterocycles. The number of likely N-dealkylation sites (N-methyl/N-ethyl adjacent to an activating group) is 1. The van der Waals surface area contributed by atoms with Crippen molar-refractivity contribution in [2.45, 2.75) is 25.8 Å². The first-order chi connectivity index (χ1) is 10.6. The topological polar surface area (TPSA) is 72.4 Å². The molecule has 1 atom stereocenters. The first-order valence-electron chi connectivity index (χ1n) is 7.57. The number of benzene rings is 1. The van der Waals surface area contributed by atoms with Crippen molar-refractivity contribution in [1.29, 1.82) is 0 Å². The lowest BCUT2D eigenvalue weighted by Crippen LogP contribution is -2.32. The van der Waals surface area contributed by atoms with Gasteiger partial charge in [-0.2, -0.15) is 0 Å². The van der Waals surface area contributed by atoms with Gasteiger partial charge in [-0.1, -0.05) is 12.1 Å². The highest BCUT2D eigenvalue weighted by Gasteiger charge is 2.18. The van der Waals surface area contributed by atoms with Crippen molar-refractivity contribution in [3.8, 4) is 11.5 Å². The van der Waals surface area contributed by atoms with Gasteiger partial charge < -0.3 is 20.1 Å². The first-order valence-corrected chi connectivity index (χ1v) is 7.57. The standard InChI is InChI=1S/C16H22N4O2/c1-11-9-18-14(17)8-15(19-11)20(2)7-6-12-4-3-5-13-16(12)22-10-21-13/h3-5,11H,6-10H2,1-2H3,(H2,17,18). The van der Waals surface area contributed by atoms with Crippen molar-refractivity contribution < 1.29 is 9.47 Å². The third-order valence-corrected chi connectivity index (χ3v) is 3.90. The van der Waals surface area contributed by atoms with Crippen LogP contribution in [-0.2, 0) is 6.42 Å². The SMILES string of the molecule is CC1CN=C(N)CC(N(C)CCc2cccc3c2OCO3)=N1. The summed E-state index contributed by atoms with van der Waals surface area (Å²) in [5.41, 5.74) is 7.07. The molecule has 2 aliphatic heterocycles. The molecule has 3 rings (SSSR count). The molecule has 0 bridgehead atoms. The Kier molecular flexibility index (Phi) is 4.18. The van der Waals surface area contributed by atoms with E-state index in [0.717, 1.165) is 35.9 Å². The zero-order valence-electron chi connectivity index (χ0n) is 13.1. The van der Waals surface area contributed by atoms with Gasteiger partial charge in [-0.15, -0.1) is 0 Å². The number of hydrogen-bond acceptors (Lipinski definition) is 6. The number of ether oxygens (including phenoxy) is 2. The Bertz CT molecular complexity index is 612. The molecular weight excluding hydrogens is 280 g/mol. The van der Waals surface area contributed by atoms with E-state index >= 15 is 0 Å². The highest BCUT2D eigenvalue weighted by molar-refractivity contribution is 6.02. The average molecular weight is 302 g/mol. The van der Waals surface area contributed by atoms with Crippen LogP contribution in [-0.4, -0.2) is 49.5 Å². The molecule has 1 aromatic rings. The Hall–Kier alpha value is -2.24. The van der Waals surface area contributed by atoms with Gasteiger partial charge in [0.1, 0.15) is 11.7 Å². The molecule has 0 amide bonds. The van der Waals surface area contributed by atoms with E-state index in [0.29, 0.717) is 25.6 Å². The molecular formula is C16H22N4O2. The lowest BCUT2D eigenvalue weighted by molar-refractivity contribution is 0.173. The van der Waals surface area contributed by atoms with Crippen LogP contribution in [0.4, 0.5) is 0 Å². The van der Waals surface area contributed by atoms with Crippen LogP contribution in [0.5, 0.6) is 11.5 Å². The fourth-order valence-corrected chi connectivity index (χ4v) is 2.65. The van der Waals surface area contributed by atoms with E-state index in [4.69, 9.17) is 20.2 Å². The summed E-state index contributed by atoms with van der Waals surface area (Å²) in [7, 11) is 2.05. The molecule has 2 heterocycles. The maximum absolute atomic E-state index is 5.91. The lowest BCUT2D eigenvalue weighted by atomic mass is 10.1. The molecule has 22 heavy (non-hydrogen) atoms. The summed E-state index contributed by atoms with van der Waals surface area (Å²) in [4.78, 5) is 11.2. The molecule has 2 aliphatic rings. The number of para-hydroxylation sites is 1. The lowest BCUT2D eigenvalue weighted by Gasteiger charge is -2.21. The number of amidine groups is 2. The molecule has 0 saturated carbocycles. The Morgan fingerprint density at radius 3 is 3.09 bits per heavy atom. The highest BCUT2D eigenvalue weighted by Crippen LogP contribution is 2.35. The molecule has 1 aromatic carbocycles. The minimum atomic E-state index is 0.177. The minimum absolute atomic E-state index is 0.177. The zero-order chi connectivity index (χ0) is 15.5.